The molecular formula is C12H18N2O4. The Morgan fingerprint density at radius 3 is 2.94 bits per heavy atom. The van der Waals surface area contributed by atoms with Crippen LogP contribution in [0.25, 0.3) is 0 Å². The topological polar surface area (TPSA) is 73.7 Å². The second kappa shape index (κ2) is 5.97. The molecule has 100 valence electrons. The molecule has 0 aliphatic carbocycles. The van der Waals surface area contributed by atoms with Crippen LogP contribution in [0.3, 0.4) is 0 Å². The summed E-state index contributed by atoms with van der Waals surface area (Å²) in [6, 6.07) is 0. The smallest absolute Gasteiger partial charge is 0.241 e. The van der Waals surface area contributed by atoms with Crippen molar-refractivity contribution in [1.29, 1.82) is 0 Å². The lowest BCUT2D eigenvalue weighted by molar-refractivity contribution is 0.122. The predicted octanol–water partition coefficient (Wildman–Crippen LogP) is 0.954. The zero-order valence-electron chi connectivity index (χ0n) is 10.6. The first kappa shape index (κ1) is 13.0. The van der Waals surface area contributed by atoms with Crippen molar-refractivity contribution in [3.8, 4) is 11.8 Å². The highest BCUT2D eigenvalue weighted by Crippen LogP contribution is 2.30. The summed E-state index contributed by atoms with van der Waals surface area (Å²) in [5.41, 5.74) is 0.449. The molecule has 0 spiro atoms. The standard InChI is InChI=1S/C12H18N2O4/c1-16-10-6-13-11(12(14-10)17-2)9(15)5-8-3-4-18-7-8/h6,8-9,15H,3-5,7H2,1-2H3. The van der Waals surface area contributed by atoms with Crippen LogP contribution in [-0.4, -0.2) is 42.5 Å². The maximum atomic E-state index is 10.2. The maximum absolute atomic E-state index is 10.2. The number of aromatic nitrogens is 2. The number of methoxy groups -OCH3 is 2. The number of aliphatic hydroxyl groups excluding tert-OH is 1. The summed E-state index contributed by atoms with van der Waals surface area (Å²) in [7, 11) is 3.01. The highest BCUT2D eigenvalue weighted by molar-refractivity contribution is 5.24. The lowest BCUT2D eigenvalue weighted by Gasteiger charge is -2.16. The van der Waals surface area contributed by atoms with E-state index in [9.17, 15) is 5.11 Å². The molecule has 1 aliphatic heterocycles. The summed E-state index contributed by atoms with van der Waals surface area (Å²) < 4.78 is 15.4. The van der Waals surface area contributed by atoms with Gasteiger partial charge in [-0.25, -0.2) is 4.98 Å². The van der Waals surface area contributed by atoms with Gasteiger partial charge in [0.2, 0.25) is 11.8 Å². The fourth-order valence-corrected chi connectivity index (χ4v) is 2.04. The number of nitrogens with zero attached hydrogens (tertiary/aromatic N) is 2. The Morgan fingerprint density at radius 2 is 2.33 bits per heavy atom. The first-order valence-corrected chi connectivity index (χ1v) is 5.95. The zero-order chi connectivity index (χ0) is 13.0. The molecule has 1 fully saturated rings. The molecule has 0 radical (unpaired) electrons. The van der Waals surface area contributed by atoms with Crippen LogP contribution in [0.4, 0.5) is 0 Å². The minimum absolute atomic E-state index is 0.306. The summed E-state index contributed by atoms with van der Waals surface area (Å²) in [5.74, 6) is 1.04. The fourth-order valence-electron chi connectivity index (χ4n) is 2.04. The Bertz CT molecular complexity index is 394. The molecule has 1 saturated heterocycles. The summed E-state index contributed by atoms with van der Waals surface area (Å²) in [4.78, 5) is 8.27. The fraction of sp³-hybridized carbons (Fsp3) is 0.667. The van der Waals surface area contributed by atoms with Crippen molar-refractivity contribution in [2.75, 3.05) is 27.4 Å². The molecule has 6 nitrogen and oxygen atoms in total. The van der Waals surface area contributed by atoms with Gasteiger partial charge in [-0.1, -0.05) is 0 Å². The molecule has 6 heteroatoms. The molecule has 0 amide bonds. The van der Waals surface area contributed by atoms with Gasteiger partial charge in [-0.05, 0) is 18.8 Å². The van der Waals surface area contributed by atoms with E-state index in [1.807, 2.05) is 0 Å². The monoisotopic (exact) mass is 254 g/mol. The van der Waals surface area contributed by atoms with Crippen molar-refractivity contribution < 1.29 is 19.3 Å². The zero-order valence-corrected chi connectivity index (χ0v) is 10.6. The summed E-state index contributed by atoms with van der Waals surface area (Å²) in [6.07, 6.45) is 2.37. The van der Waals surface area contributed by atoms with E-state index in [0.717, 1.165) is 13.0 Å². The van der Waals surface area contributed by atoms with Crippen molar-refractivity contribution in [3.05, 3.63) is 11.9 Å². The molecule has 1 N–H and O–H groups in total. The van der Waals surface area contributed by atoms with E-state index in [1.54, 1.807) is 0 Å². The van der Waals surface area contributed by atoms with Crippen LogP contribution in [0, 0.1) is 5.92 Å². The minimum Gasteiger partial charge on any atom is -0.480 e. The Balaban J connectivity index is 2.10. The number of ether oxygens (including phenoxy) is 3. The Hall–Kier alpha value is -1.40. The molecule has 2 unspecified atom stereocenters. The number of hydrogen-bond donors (Lipinski definition) is 1. The largest absolute Gasteiger partial charge is 0.480 e. The summed E-state index contributed by atoms with van der Waals surface area (Å²) in [6.45, 7) is 1.46. The van der Waals surface area contributed by atoms with Gasteiger partial charge in [0.05, 0.1) is 20.4 Å². The van der Waals surface area contributed by atoms with Crippen molar-refractivity contribution in [1.82, 2.24) is 9.97 Å². The van der Waals surface area contributed by atoms with Crippen LogP contribution < -0.4 is 9.47 Å². The van der Waals surface area contributed by atoms with Crippen LogP contribution in [0.5, 0.6) is 11.8 Å². The van der Waals surface area contributed by atoms with E-state index >= 15 is 0 Å². The van der Waals surface area contributed by atoms with Gasteiger partial charge in [0.25, 0.3) is 0 Å². The first-order chi connectivity index (χ1) is 8.74. The molecular weight excluding hydrogens is 236 g/mol. The Labute approximate surface area is 106 Å². The van der Waals surface area contributed by atoms with Gasteiger partial charge in [0.15, 0.2) is 0 Å². The lowest BCUT2D eigenvalue weighted by atomic mass is 9.99. The highest BCUT2D eigenvalue weighted by atomic mass is 16.5. The molecule has 1 aromatic rings. The van der Waals surface area contributed by atoms with Gasteiger partial charge in [-0.3, -0.25) is 0 Å². The van der Waals surface area contributed by atoms with Gasteiger partial charge >= 0.3 is 0 Å². The summed E-state index contributed by atoms with van der Waals surface area (Å²) >= 11 is 0. The molecule has 0 saturated carbocycles. The van der Waals surface area contributed by atoms with Crippen LogP contribution in [-0.2, 0) is 4.74 Å². The maximum Gasteiger partial charge on any atom is 0.241 e. The lowest BCUT2D eigenvalue weighted by Crippen LogP contribution is -2.11. The molecule has 0 aromatic carbocycles. The molecule has 2 atom stereocenters. The SMILES string of the molecule is COc1cnc(C(O)CC2CCOC2)c(OC)n1. The first-order valence-electron chi connectivity index (χ1n) is 5.95. The van der Waals surface area contributed by atoms with Crippen LogP contribution in [0.15, 0.2) is 6.20 Å². The van der Waals surface area contributed by atoms with Crippen LogP contribution in [0.2, 0.25) is 0 Å². The highest BCUT2D eigenvalue weighted by Gasteiger charge is 2.24. The number of hydrogen-bond acceptors (Lipinski definition) is 6. The number of rotatable bonds is 5. The van der Waals surface area contributed by atoms with E-state index in [2.05, 4.69) is 9.97 Å². The van der Waals surface area contributed by atoms with Crippen molar-refractivity contribution in [3.63, 3.8) is 0 Å². The normalized spacial score (nSPS) is 20.7. The van der Waals surface area contributed by atoms with Gasteiger partial charge in [-0.15, -0.1) is 0 Å². The van der Waals surface area contributed by atoms with Gasteiger partial charge in [-0.2, -0.15) is 4.98 Å². The van der Waals surface area contributed by atoms with Crippen molar-refractivity contribution >= 4 is 0 Å². The average molecular weight is 254 g/mol. The molecule has 0 bridgehead atoms. The predicted molar refractivity (Wildman–Crippen MR) is 63.6 cm³/mol. The summed E-state index contributed by atoms with van der Waals surface area (Å²) in [5, 5.41) is 10.2. The van der Waals surface area contributed by atoms with E-state index in [0.29, 0.717) is 36.4 Å². The molecule has 1 aromatic heterocycles. The molecule has 1 aliphatic rings. The van der Waals surface area contributed by atoms with Crippen molar-refractivity contribution in [2.24, 2.45) is 5.92 Å². The molecule has 18 heavy (non-hydrogen) atoms. The van der Waals surface area contributed by atoms with E-state index in [-0.39, 0.29) is 0 Å². The van der Waals surface area contributed by atoms with Crippen LogP contribution in [0.1, 0.15) is 24.6 Å². The second-order valence-corrected chi connectivity index (χ2v) is 4.29. The average Bonchev–Trinajstić information content (AvgIpc) is 2.90. The molecule has 2 heterocycles. The van der Waals surface area contributed by atoms with Gasteiger partial charge in [0.1, 0.15) is 11.8 Å². The third kappa shape index (κ3) is 2.88. The quantitative estimate of drug-likeness (QED) is 0.843. The van der Waals surface area contributed by atoms with Gasteiger partial charge < -0.3 is 19.3 Å². The minimum atomic E-state index is -0.690. The second-order valence-electron chi connectivity index (χ2n) is 4.29. The Morgan fingerprint density at radius 1 is 1.50 bits per heavy atom. The van der Waals surface area contributed by atoms with E-state index in [1.165, 1.54) is 20.4 Å². The van der Waals surface area contributed by atoms with E-state index < -0.39 is 6.10 Å². The molecule has 2 rings (SSSR count). The number of aliphatic hydroxyl groups is 1. The third-order valence-corrected chi connectivity index (χ3v) is 3.04. The van der Waals surface area contributed by atoms with E-state index in [4.69, 9.17) is 14.2 Å². The Kier molecular flexibility index (Phi) is 4.33. The third-order valence-electron chi connectivity index (χ3n) is 3.04. The van der Waals surface area contributed by atoms with Gasteiger partial charge in [0, 0.05) is 13.2 Å². The van der Waals surface area contributed by atoms with Crippen LogP contribution >= 0.6 is 0 Å². The van der Waals surface area contributed by atoms with Crippen molar-refractivity contribution in [2.45, 2.75) is 18.9 Å².